The molecule has 42 heavy (non-hydrogen) atoms. The molecule has 1 aromatic heterocycles. The van der Waals surface area contributed by atoms with Gasteiger partial charge in [0.15, 0.2) is 5.17 Å². The maximum atomic E-state index is 13.1. The van der Waals surface area contributed by atoms with Gasteiger partial charge in [0.25, 0.3) is 5.91 Å². The first kappa shape index (κ1) is 28.0. The Morgan fingerprint density at radius 3 is 2.45 bits per heavy atom. The van der Waals surface area contributed by atoms with E-state index in [1.165, 1.54) is 17.3 Å². The highest BCUT2D eigenvalue weighted by atomic mass is 32.2. The third kappa shape index (κ3) is 6.66. The number of hydrogen-bond donors (Lipinski definition) is 0. The first-order valence-electron chi connectivity index (χ1n) is 14.6. The lowest BCUT2D eigenvalue weighted by Crippen LogP contribution is -2.47. The average Bonchev–Trinajstić information content (AvgIpc) is 3.62. The van der Waals surface area contributed by atoms with E-state index in [1.54, 1.807) is 0 Å². The van der Waals surface area contributed by atoms with Gasteiger partial charge >= 0.3 is 0 Å². The molecule has 4 aromatic rings. The van der Waals surface area contributed by atoms with Crippen LogP contribution in [-0.2, 0) is 11.3 Å². The number of aromatic nitrogens is 2. The predicted molar refractivity (Wildman–Crippen MR) is 171 cm³/mol. The Morgan fingerprint density at radius 1 is 0.929 bits per heavy atom. The summed E-state index contributed by atoms with van der Waals surface area (Å²) >= 11 is 1.46. The number of benzene rings is 3. The number of hydrogen-bond acceptors (Lipinski definition) is 6. The topological polar surface area (TPSA) is 63.0 Å². The molecule has 8 heteroatoms. The Kier molecular flexibility index (Phi) is 8.82. The highest BCUT2D eigenvalue weighted by molar-refractivity contribution is 8.18. The fourth-order valence-corrected chi connectivity index (χ4v) is 6.07. The molecule has 7 nitrogen and oxygen atoms in total. The third-order valence-corrected chi connectivity index (χ3v) is 8.47. The molecule has 1 fully saturated rings. The molecule has 0 spiro atoms. The number of amidine groups is 1. The van der Waals surface area contributed by atoms with E-state index < -0.39 is 0 Å². The summed E-state index contributed by atoms with van der Waals surface area (Å²) in [7, 11) is 0. The maximum Gasteiger partial charge on any atom is 0.286 e. The standard InChI is InChI=1S/C34H35N5O2S/c1-2-3-21-41-30-16-10-13-27(22-30)32-28(25-39(36-32)29-14-8-5-9-15-29)23-31-33(40)35-34(42-31)38-19-17-37(18-20-38)24-26-11-6-4-7-12-26/h4-16,22-23,25H,2-3,17-21,24H2,1H3/b31-23-. The molecule has 1 amide bonds. The number of nitrogens with zero attached hydrogens (tertiary/aromatic N) is 5. The van der Waals surface area contributed by atoms with Crippen LogP contribution >= 0.6 is 11.8 Å². The van der Waals surface area contributed by atoms with Crippen LogP contribution in [0.4, 0.5) is 0 Å². The van der Waals surface area contributed by atoms with Gasteiger partial charge < -0.3 is 9.64 Å². The number of amides is 1. The van der Waals surface area contributed by atoms with Crippen molar-refractivity contribution in [3.8, 4) is 22.7 Å². The smallest absolute Gasteiger partial charge is 0.286 e. The minimum atomic E-state index is -0.197. The minimum Gasteiger partial charge on any atom is -0.494 e. The highest BCUT2D eigenvalue weighted by Gasteiger charge is 2.29. The molecule has 0 bridgehead atoms. The molecule has 214 valence electrons. The van der Waals surface area contributed by atoms with Gasteiger partial charge in [-0.05, 0) is 54.1 Å². The molecule has 6 rings (SSSR count). The molecule has 0 saturated carbocycles. The molecule has 0 atom stereocenters. The Balaban J connectivity index is 1.20. The van der Waals surface area contributed by atoms with Crippen LogP contribution < -0.4 is 4.74 Å². The van der Waals surface area contributed by atoms with E-state index in [-0.39, 0.29) is 5.91 Å². The van der Waals surface area contributed by atoms with Crippen molar-refractivity contribution in [2.45, 2.75) is 26.3 Å². The summed E-state index contributed by atoms with van der Waals surface area (Å²) in [5, 5.41) is 5.74. The lowest BCUT2D eigenvalue weighted by Gasteiger charge is -2.35. The van der Waals surface area contributed by atoms with E-state index in [1.807, 2.05) is 71.6 Å². The van der Waals surface area contributed by atoms with Crippen molar-refractivity contribution < 1.29 is 9.53 Å². The first-order valence-corrected chi connectivity index (χ1v) is 15.4. The zero-order valence-corrected chi connectivity index (χ0v) is 24.7. The van der Waals surface area contributed by atoms with Gasteiger partial charge in [0.05, 0.1) is 17.2 Å². The summed E-state index contributed by atoms with van der Waals surface area (Å²) in [6, 6.07) is 28.6. The van der Waals surface area contributed by atoms with Crippen molar-refractivity contribution >= 4 is 28.9 Å². The van der Waals surface area contributed by atoms with Gasteiger partial charge in [0.1, 0.15) is 11.4 Å². The summed E-state index contributed by atoms with van der Waals surface area (Å²) in [4.78, 5) is 22.9. The van der Waals surface area contributed by atoms with Crippen LogP contribution in [0.5, 0.6) is 5.75 Å². The lowest BCUT2D eigenvalue weighted by atomic mass is 10.1. The normalized spacial score (nSPS) is 16.7. The molecular weight excluding hydrogens is 542 g/mol. The number of unbranched alkanes of at least 4 members (excludes halogenated alkanes) is 1. The largest absolute Gasteiger partial charge is 0.494 e. The molecule has 1 saturated heterocycles. The number of aliphatic imine (C=N–C) groups is 1. The first-order chi connectivity index (χ1) is 20.7. The van der Waals surface area contributed by atoms with E-state index in [4.69, 9.17) is 9.84 Å². The Labute approximate surface area is 251 Å². The van der Waals surface area contributed by atoms with Gasteiger partial charge in [-0.1, -0.05) is 74.0 Å². The number of carbonyl (C=O) groups excluding carboxylic acids is 1. The molecule has 0 N–H and O–H groups in total. The average molecular weight is 578 g/mol. The number of piperazine rings is 1. The second-order valence-corrected chi connectivity index (χ2v) is 11.5. The fourth-order valence-electron chi connectivity index (χ4n) is 5.11. The van der Waals surface area contributed by atoms with Crippen LogP contribution in [-0.4, -0.2) is 63.4 Å². The summed E-state index contributed by atoms with van der Waals surface area (Å²) in [5.41, 5.74) is 4.88. The predicted octanol–water partition coefficient (Wildman–Crippen LogP) is 6.51. The lowest BCUT2D eigenvalue weighted by molar-refractivity contribution is -0.113. The van der Waals surface area contributed by atoms with E-state index in [0.29, 0.717) is 11.5 Å². The van der Waals surface area contributed by atoms with Crippen LogP contribution in [0.1, 0.15) is 30.9 Å². The Hall–Kier alpha value is -4.14. The summed E-state index contributed by atoms with van der Waals surface area (Å²) in [6.07, 6.45) is 6.00. The molecule has 3 aromatic carbocycles. The maximum absolute atomic E-state index is 13.1. The van der Waals surface area contributed by atoms with Crippen molar-refractivity contribution in [2.75, 3.05) is 32.8 Å². The van der Waals surface area contributed by atoms with Gasteiger partial charge in [0.2, 0.25) is 0 Å². The van der Waals surface area contributed by atoms with E-state index >= 15 is 0 Å². The number of rotatable bonds is 9. The molecule has 2 aliphatic rings. The number of para-hydroxylation sites is 1. The molecular formula is C34H35N5O2S. The van der Waals surface area contributed by atoms with Crippen LogP contribution in [0, 0.1) is 0 Å². The van der Waals surface area contributed by atoms with Gasteiger partial charge in [0, 0.05) is 50.0 Å². The molecule has 0 aliphatic carbocycles. The van der Waals surface area contributed by atoms with Crippen LogP contribution in [0.2, 0.25) is 0 Å². The monoisotopic (exact) mass is 577 g/mol. The zero-order valence-electron chi connectivity index (χ0n) is 23.9. The minimum absolute atomic E-state index is 0.197. The molecule has 0 radical (unpaired) electrons. The highest BCUT2D eigenvalue weighted by Crippen LogP contribution is 2.34. The Bertz CT molecular complexity index is 1570. The van der Waals surface area contributed by atoms with Gasteiger partial charge in [-0.3, -0.25) is 9.69 Å². The molecule has 3 heterocycles. The summed E-state index contributed by atoms with van der Waals surface area (Å²) < 4.78 is 7.84. The summed E-state index contributed by atoms with van der Waals surface area (Å²) in [5.74, 6) is 0.619. The fraction of sp³-hybridized carbons (Fsp3) is 0.265. The van der Waals surface area contributed by atoms with Crippen LogP contribution in [0.3, 0.4) is 0 Å². The quantitative estimate of drug-likeness (QED) is 0.167. The SMILES string of the molecule is CCCCOc1cccc(-c2nn(-c3ccccc3)cc2/C=C2\SC(N3CCN(Cc4ccccc4)CC3)=NC2=O)c1. The third-order valence-electron chi connectivity index (χ3n) is 7.43. The van der Waals surface area contributed by atoms with Crippen LogP contribution in [0.25, 0.3) is 23.0 Å². The summed E-state index contributed by atoms with van der Waals surface area (Å²) in [6.45, 7) is 7.35. The second-order valence-electron chi connectivity index (χ2n) is 10.5. The van der Waals surface area contributed by atoms with Gasteiger partial charge in [-0.2, -0.15) is 10.1 Å². The van der Waals surface area contributed by atoms with Crippen molar-refractivity contribution in [2.24, 2.45) is 4.99 Å². The van der Waals surface area contributed by atoms with Gasteiger partial charge in [-0.25, -0.2) is 4.68 Å². The molecule has 2 aliphatic heterocycles. The van der Waals surface area contributed by atoms with E-state index in [2.05, 4.69) is 52.0 Å². The van der Waals surface area contributed by atoms with Crippen molar-refractivity contribution in [1.82, 2.24) is 19.6 Å². The van der Waals surface area contributed by atoms with Crippen molar-refractivity contribution in [3.05, 3.63) is 107 Å². The number of thioether (sulfide) groups is 1. The van der Waals surface area contributed by atoms with E-state index in [0.717, 1.165) is 79.0 Å². The number of carbonyl (C=O) groups is 1. The Morgan fingerprint density at radius 2 is 1.69 bits per heavy atom. The van der Waals surface area contributed by atoms with E-state index in [9.17, 15) is 4.79 Å². The second kappa shape index (κ2) is 13.2. The van der Waals surface area contributed by atoms with Gasteiger partial charge in [-0.15, -0.1) is 0 Å². The van der Waals surface area contributed by atoms with Crippen molar-refractivity contribution in [1.29, 1.82) is 0 Å². The van der Waals surface area contributed by atoms with Crippen LogP contribution in [0.15, 0.2) is 101 Å². The molecule has 0 unspecified atom stereocenters. The zero-order chi connectivity index (χ0) is 28.7. The van der Waals surface area contributed by atoms with Crippen molar-refractivity contribution in [3.63, 3.8) is 0 Å². The number of ether oxygens (including phenoxy) is 1.